The maximum absolute atomic E-state index is 11.3. The Morgan fingerprint density at radius 3 is 3.27 bits per heavy atom. The van der Waals surface area contributed by atoms with Crippen LogP contribution >= 0.6 is 11.6 Å². The Hall–Kier alpha value is -0.410. The van der Waals surface area contributed by atoms with Crippen molar-refractivity contribution in [3.63, 3.8) is 0 Å². The van der Waals surface area contributed by atoms with Gasteiger partial charge in [-0.3, -0.25) is 4.21 Å². The van der Waals surface area contributed by atoms with Crippen LogP contribution in [0.15, 0.2) is 23.4 Å². The molecular formula is C7H6ClNOS. The fourth-order valence-electron chi connectivity index (χ4n) is 1.13. The number of rotatable bonds is 0. The van der Waals surface area contributed by atoms with Gasteiger partial charge in [-0.25, -0.2) is 4.98 Å². The molecule has 2 nitrogen and oxygen atoms in total. The van der Waals surface area contributed by atoms with Gasteiger partial charge < -0.3 is 0 Å². The maximum Gasteiger partial charge on any atom is 0.132 e. The van der Waals surface area contributed by atoms with E-state index in [0.29, 0.717) is 11.4 Å². The molecule has 0 aromatic carbocycles. The van der Waals surface area contributed by atoms with Crippen molar-refractivity contribution < 1.29 is 4.21 Å². The van der Waals surface area contributed by atoms with Crippen LogP contribution in [0.2, 0.25) is 0 Å². The smallest absolute Gasteiger partial charge is 0.132 e. The lowest BCUT2D eigenvalue weighted by Crippen LogP contribution is -2.00. The lowest BCUT2D eigenvalue weighted by molar-refractivity contribution is 0.682. The van der Waals surface area contributed by atoms with E-state index in [1.54, 1.807) is 6.20 Å². The molecule has 0 fully saturated rings. The molecule has 2 unspecified atom stereocenters. The van der Waals surface area contributed by atoms with Gasteiger partial charge in [-0.1, -0.05) is 6.07 Å². The summed E-state index contributed by atoms with van der Waals surface area (Å²) in [6, 6.07) is 3.76. The highest BCUT2D eigenvalue weighted by atomic mass is 35.5. The van der Waals surface area contributed by atoms with Crippen molar-refractivity contribution >= 4 is 22.4 Å². The van der Waals surface area contributed by atoms with E-state index in [2.05, 4.69) is 4.98 Å². The molecule has 0 aliphatic carbocycles. The van der Waals surface area contributed by atoms with Gasteiger partial charge in [0.1, 0.15) is 9.74 Å². The summed E-state index contributed by atoms with van der Waals surface area (Å²) in [5, 5.41) is 0.660. The first kappa shape index (κ1) is 7.25. The highest BCUT2D eigenvalue weighted by Gasteiger charge is 2.27. The molecule has 4 heteroatoms. The van der Waals surface area contributed by atoms with Gasteiger partial charge in [-0.15, -0.1) is 11.6 Å². The van der Waals surface area contributed by atoms with E-state index in [9.17, 15) is 4.21 Å². The van der Waals surface area contributed by atoms with Crippen molar-refractivity contribution in [3.05, 3.63) is 23.9 Å². The zero-order chi connectivity index (χ0) is 7.84. The topological polar surface area (TPSA) is 30.0 Å². The molecule has 2 heterocycles. The number of alkyl halides is 1. The molecule has 0 spiro atoms. The summed E-state index contributed by atoms with van der Waals surface area (Å²) in [4.78, 5) is 4.01. The van der Waals surface area contributed by atoms with Crippen LogP contribution in [0.4, 0.5) is 0 Å². The van der Waals surface area contributed by atoms with Crippen LogP contribution in [-0.4, -0.2) is 13.9 Å². The first-order valence-electron chi connectivity index (χ1n) is 3.27. The Morgan fingerprint density at radius 2 is 2.55 bits per heavy atom. The normalized spacial score (nSPS) is 28.5. The fraction of sp³-hybridized carbons (Fsp3) is 0.286. The molecule has 0 N–H and O–H groups in total. The fourth-order valence-corrected chi connectivity index (χ4v) is 2.70. The number of hydrogen-bond acceptors (Lipinski definition) is 2. The first-order chi connectivity index (χ1) is 5.29. The highest BCUT2D eigenvalue weighted by molar-refractivity contribution is 7.87. The number of nitrogens with zero attached hydrogens (tertiary/aromatic N) is 1. The molecule has 0 saturated heterocycles. The minimum atomic E-state index is -1.09. The molecular weight excluding hydrogens is 182 g/mol. The molecule has 1 aromatic rings. The zero-order valence-corrected chi connectivity index (χ0v) is 7.23. The van der Waals surface area contributed by atoms with Gasteiger partial charge in [0, 0.05) is 12.6 Å². The third-order valence-electron chi connectivity index (χ3n) is 1.65. The van der Waals surface area contributed by atoms with Crippen LogP contribution in [0.5, 0.6) is 0 Å². The third kappa shape index (κ3) is 1.08. The largest absolute Gasteiger partial charge is 0.251 e. The van der Waals surface area contributed by atoms with Gasteiger partial charge in [-0.05, 0) is 11.6 Å². The van der Waals surface area contributed by atoms with E-state index in [1.165, 1.54) is 0 Å². The predicted molar refractivity (Wildman–Crippen MR) is 44.0 cm³/mol. The van der Waals surface area contributed by atoms with E-state index >= 15 is 0 Å². The highest BCUT2D eigenvalue weighted by Crippen LogP contribution is 2.27. The van der Waals surface area contributed by atoms with Gasteiger partial charge >= 0.3 is 0 Å². The summed E-state index contributed by atoms with van der Waals surface area (Å²) in [6.45, 7) is 0. The minimum absolute atomic E-state index is 0.278. The molecule has 11 heavy (non-hydrogen) atoms. The SMILES string of the molecule is O=S1c2ncccc2CC1Cl. The van der Waals surface area contributed by atoms with Crippen LogP contribution < -0.4 is 0 Å². The Bertz CT molecular complexity index is 315. The summed E-state index contributed by atoms with van der Waals surface area (Å²) in [6.07, 6.45) is 2.32. The van der Waals surface area contributed by atoms with Crippen molar-refractivity contribution in [2.45, 2.75) is 16.2 Å². The number of pyridine rings is 1. The molecule has 58 valence electrons. The van der Waals surface area contributed by atoms with Gasteiger partial charge in [-0.2, -0.15) is 0 Å². The van der Waals surface area contributed by atoms with Crippen LogP contribution in [0.25, 0.3) is 0 Å². The maximum atomic E-state index is 11.3. The molecule has 0 saturated carbocycles. The van der Waals surface area contributed by atoms with Crippen molar-refractivity contribution in [1.29, 1.82) is 0 Å². The molecule has 0 bridgehead atoms. The summed E-state index contributed by atoms with van der Waals surface area (Å²) in [5.74, 6) is 0. The van der Waals surface area contributed by atoms with E-state index in [4.69, 9.17) is 11.6 Å². The molecule has 1 aromatic heterocycles. The standard InChI is InChI=1S/C7H6ClNOS/c8-6-4-5-2-1-3-9-7(5)11(6)10/h1-3,6H,4H2. The van der Waals surface area contributed by atoms with Crippen LogP contribution in [0.1, 0.15) is 5.56 Å². The van der Waals surface area contributed by atoms with Gasteiger partial charge in [0.25, 0.3) is 0 Å². The molecule has 1 aliphatic heterocycles. The van der Waals surface area contributed by atoms with Crippen molar-refractivity contribution in [3.8, 4) is 0 Å². The van der Waals surface area contributed by atoms with E-state index < -0.39 is 10.8 Å². The van der Waals surface area contributed by atoms with Gasteiger partial charge in [0.05, 0.1) is 10.8 Å². The summed E-state index contributed by atoms with van der Waals surface area (Å²) in [5.41, 5.74) is 1.02. The van der Waals surface area contributed by atoms with Crippen LogP contribution in [0, 0.1) is 0 Å². The first-order valence-corrected chi connectivity index (χ1v) is 4.92. The molecule has 1 aliphatic rings. The molecule has 2 atom stereocenters. The second-order valence-electron chi connectivity index (χ2n) is 2.38. The summed E-state index contributed by atoms with van der Waals surface area (Å²) >= 11 is 5.79. The van der Waals surface area contributed by atoms with E-state index in [1.807, 2.05) is 12.1 Å². The minimum Gasteiger partial charge on any atom is -0.251 e. The molecule has 2 rings (SSSR count). The second kappa shape index (κ2) is 2.57. The second-order valence-corrected chi connectivity index (χ2v) is 4.72. The monoisotopic (exact) mass is 187 g/mol. The van der Waals surface area contributed by atoms with E-state index in [0.717, 1.165) is 5.56 Å². The summed E-state index contributed by atoms with van der Waals surface area (Å²) < 4.78 is 11.0. The van der Waals surface area contributed by atoms with E-state index in [-0.39, 0.29) is 4.71 Å². The Labute approximate surface area is 72.1 Å². The average molecular weight is 188 g/mol. The predicted octanol–water partition coefficient (Wildman–Crippen LogP) is 1.31. The quantitative estimate of drug-likeness (QED) is 0.574. The number of halogens is 1. The molecule has 0 radical (unpaired) electrons. The van der Waals surface area contributed by atoms with Gasteiger partial charge in [0.2, 0.25) is 0 Å². The average Bonchev–Trinajstić information content (AvgIpc) is 2.30. The zero-order valence-electron chi connectivity index (χ0n) is 5.66. The number of fused-ring (bicyclic) bond motifs is 1. The Kier molecular flexibility index (Phi) is 1.69. The number of hydrogen-bond donors (Lipinski definition) is 0. The lowest BCUT2D eigenvalue weighted by atomic mass is 10.2. The Morgan fingerprint density at radius 1 is 1.73 bits per heavy atom. The number of aromatic nitrogens is 1. The summed E-state index contributed by atoms with van der Waals surface area (Å²) in [7, 11) is -1.09. The lowest BCUT2D eigenvalue weighted by Gasteiger charge is -1.92. The molecule has 0 amide bonds. The van der Waals surface area contributed by atoms with Crippen LogP contribution in [0.3, 0.4) is 0 Å². The van der Waals surface area contributed by atoms with Crippen molar-refractivity contribution in [2.75, 3.05) is 0 Å². The van der Waals surface area contributed by atoms with Crippen LogP contribution in [-0.2, 0) is 17.2 Å². The van der Waals surface area contributed by atoms with Crippen molar-refractivity contribution in [2.24, 2.45) is 0 Å². The third-order valence-corrected chi connectivity index (χ3v) is 3.67. The Balaban J connectivity index is 2.55. The van der Waals surface area contributed by atoms with Crippen molar-refractivity contribution in [1.82, 2.24) is 4.98 Å². The van der Waals surface area contributed by atoms with Gasteiger partial charge in [0.15, 0.2) is 0 Å².